The van der Waals surface area contributed by atoms with Gasteiger partial charge >= 0.3 is 0 Å². The number of hydrogen-bond acceptors (Lipinski definition) is 4. The van der Waals surface area contributed by atoms with Crippen LogP contribution in [0.4, 0.5) is 10.2 Å². The molecule has 0 aliphatic heterocycles. The van der Waals surface area contributed by atoms with Gasteiger partial charge in [-0.25, -0.2) is 9.37 Å². The highest BCUT2D eigenvalue weighted by atomic mass is 35.5. The molecule has 2 N–H and O–H groups in total. The molecule has 8 heteroatoms. The van der Waals surface area contributed by atoms with Gasteiger partial charge < -0.3 is 15.4 Å². The summed E-state index contributed by atoms with van der Waals surface area (Å²) in [6, 6.07) is 7.76. The molecule has 2 unspecified atom stereocenters. The normalized spacial score (nSPS) is 15.3. The number of pyridine rings is 1. The van der Waals surface area contributed by atoms with Gasteiger partial charge in [-0.2, -0.15) is 0 Å². The van der Waals surface area contributed by atoms with Gasteiger partial charge in [0.15, 0.2) is 0 Å². The molecule has 2 aromatic rings. The van der Waals surface area contributed by atoms with Crippen molar-refractivity contribution >= 4 is 29.2 Å². The second-order valence-corrected chi connectivity index (χ2v) is 7.57. The monoisotopic (exact) mass is 419 g/mol. The Balaban J connectivity index is 1.63. The largest absolute Gasteiger partial charge is 0.491 e. The second-order valence-electron chi connectivity index (χ2n) is 7.16. The Morgan fingerprint density at radius 1 is 1.28 bits per heavy atom. The summed E-state index contributed by atoms with van der Waals surface area (Å²) in [5, 5.41) is 6.01. The molecular weight excluding hydrogens is 397 g/mol. The fourth-order valence-corrected chi connectivity index (χ4v) is 3.07. The molecule has 2 atom stereocenters. The number of aromatic nitrogens is 1. The fraction of sp³-hybridized carbons (Fsp3) is 0.381. The summed E-state index contributed by atoms with van der Waals surface area (Å²) in [6.07, 6.45) is 2.18. The first kappa shape index (κ1) is 21.0. The minimum atomic E-state index is -1.08. The van der Waals surface area contributed by atoms with Crippen LogP contribution in [0.3, 0.4) is 0 Å². The molecule has 0 saturated heterocycles. The van der Waals surface area contributed by atoms with Crippen molar-refractivity contribution in [1.82, 2.24) is 10.3 Å². The highest BCUT2D eigenvalue weighted by Gasteiger charge is 2.29. The van der Waals surface area contributed by atoms with Gasteiger partial charge in [0, 0.05) is 22.7 Å². The number of rotatable bonds is 8. The number of nitrogens with zero attached hydrogens (tertiary/aromatic N) is 1. The number of nitrogens with one attached hydrogen (secondary N) is 2. The van der Waals surface area contributed by atoms with Crippen molar-refractivity contribution in [2.75, 3.05) is 11.9 Å². The van der Waals surface area contributed by atoms with E-state index in [1.165, 1.54) is 13.1 Å². The second kappa shape index (κ2) is 9.22. The molecule has 154 valence electrons. The summed E-state index contributed by atoms with van der Waals surface area (Å²) in [5.74, 6) is 0.483. The number of carbonyl (C=O) groups is 2. The smallest absolute Gasteiger partial charge is 0.251 e. The standard InChI is InChI=1S/C21H23ClFN3O3/c1-12(23)11-29-16-5-6-17(18(22)10-16)13(2)25-21(28)15-7-8-24-19(9-15)26-20(27)14-3-4-14/h5-10,12-14H,3-4,11H2,1-2H3,(H,25,28)(H,24,26,27). The van der Waals surface area contributed by atoms with Crippen LogP contribution in [-0.4, -0.2) is 29.6 Å². The van der Waals surface area contributed by atoms with E-state index in [0.717, 1.165) is 12.8 Å². The lowest BCUT2D eigenvalue weighted by Gasteiger charge is -2.17. The number of benzene rings is 1. The third-order valence-electron chi connectivity index (χ3n) is 4.49. The zero-order chi connectivity index (χ0) is 21.0. The molecule has 1 saturated carbocycles. The Labute approximate surface area is 173 Å². The molecule has 2 amide bonds. The third-order valence-corrected chi connectivity index (χ3v) is 4.81. The molecular formula is C21H23ClFN3O3. The van der Waals surface area contributed by atoms with Crippen LogP contribution in [0.5, 0.6) is 5.75 Å². The molecule has 1 aromatic heterocycles. The summed E-state index contributed by atoms with van der Waals surface area (Å²) in [5.41, 5.74) is 1.09. The lowest BCUT2D eigenvalue weighted by molar-refractivity contribution is -0.117. The number of ether oxygens (including phenoxy) is 1. The molecule has 1 aromatic carbocycles. The van der Waals surface area contributed by atoms with Crippen molar-refractivity contribution in [3.05, 3.63) is 52.7 Å². The van der Waals surface area contributed by atoms with Crippen LogP contribution in [0.15, 0.2) is 36.5 Å². The van der Waals surface area contributed by atoms with E-state index in [0.29, 0.717) is 27.7 Å². The number of anilines is 1. The van der Waals surface area contributed by atoms with Crippen LogP contribution < -0.4 is 15.4 Å². The minimum Gasteiger partial charge on any atom is -0.491 e. The van der Waals surface area contributed by atoms with Crippen molar-refractivity contribution in [3.8, 4) is 5.75 Å². The van der Waals surface area contributed by atoms with Crippen molar-refractivity contribution in [2.24, 2.45) is 5.92 Å². The molecule has 3 rings (SSSR count). The van der Waals surface area contributed by atoms with Gasteiger partial charge in [-0.3, -0.25) is 9.59 Å². The topological polar surface area (TPSA) is 80.3 Å². The van der Waals surface area contributed by atoms with Gasteiger partial charge in [0.2, 0.25) is 5.91 Å². The minimum absolute atomic E-state index is 0.0520. The Hall–Kier alpha value is -2.67. The fourth-order valence-electron chi connectivity index (χ4n) is 2.73. The van der Waals surface area contributed by atoms with Gasteiger partial charge in [0.25, 0.3) is 5.91 Å². The summed E-state index contributed by atoms with van der Waals surface area (Å²) in [6.45, 7) is 3.17. The van der Waals surface area contributed by atoms with Gasteiger partial charge in [-0.05, 0) is 56.5 Å². The van der Waals surface area contributed by atoms with Gasteiger partial charge in [-0.1, -0.05) is 17.7 Å². The number of halogens is 2. The summed E-state index contributed by atoms with van der Waals surface area (Å²) >= 11 is 6.30. The van der Waals surface area contributed by atoms with E-state index in [9.17, 15) is 14.0 Å². The summed E-state index contributed by atoms with van der Waals surface area (Å²) < 4.78 is 18.2. The maximum Gasteiger partial charge on any atom is 0.251 e. The average molecular weight is 420 g/mol. The SMILES string of the molecule is CC(F)COc1ccc(C(C)NC(=O)c2ccnc(NC(=O)C3CC3)c2)c(Cl)c1. The van der Waals surface area contributed by atoms with Crippen molar-refractivity contribution < 1.29 is 18.7 Å². The molecule has 0 bridgehead atoms. The Morgan fingerprint density at radius 2 is 2.03 bits per heavy atom. The maximum absolute atomic E-state index is 12.9. The molecule has 1 heterocycles. The predicted molar refractivity (Wildman–Crippen MR) is 109 cm³/mol. The van der Waals surface area contributed by atoms with Crippen LogP contribution in [-0.2, 0) is 4.79 Å². The van der Waals surface area contributed by atoms with E-state index in [1.54, 1.807) is 37.3 Å². The molecule has 6 nitrogen and oxygen atoms in total. The van der Waals surface area contributed by atoms with Crippen molar-refractivity contribution in [2.45, 2.75) is 38.9 Å². The predicted octanol–water partition coefficient (Wildman–Crippen LogP) is 4.31. The summed E-state index contributed by atoms with van der Waals surface area (Å²) in [7, 11) is 0. The third kappa shape index (κ3) is 5.90. The Kier molecular flexibility index (Phi) is 6.69. The first-order chi connectivity index (χ1) is 13.8. The van der Waals surface area contributed by atoms with Gasteiger partial charge in [-0.15, -0.1) is 0 Å². The number of alkyl halides is 1. The Bertz CT molecular complexity index is 902. The molecule has 0 radical (unpaired) electrons. The van der Waals surface area contributed by atoms with E-state index in [4.69, 9.17) is 16.3 Å². The quantitative estimate of drug-likeness (QED) is 0.668. The molecule has 1 aliphatic carbocycles. The maximum atomic E-state index is 12.9. The van der Waals surface area contributed by atoms with Crippen LogP contribution in [0.1, 0.15) is 48.7 Å². The van der Waals surface area contributed by atoms with Crippen LogP contribution >= 0.6 is 11.6 Å². The highest BCUT2D eigenvalue weighted by Crippen LogP contribution is 2.30. The lowest BCUT2D eigenvalue weighted by atomic mass is 10.1. The van der Waals surface area contributed by atoms with E-state index < -0.39 is 6.17 Å². The van der Waals surface area contributed by atoms with Gasteiger partial charge in [0.05, 0.1) is 6.04 Å². The van der Waals surface area contributed by atoms with Crippen molar-refractivity contribution in [1.29, 1.82) is 0 Å². The van der Waals surface area contributed by atoms with Gasteiger partial charge in [0.1, 0.15) is 24.3 Å². The number of hydrogen-bond donors (Lipinski definition) is 2. The summed E-state index contributed by atoms with van der Waals surface area (Å²) in [4.78, 5) is 28.6. The Morgan fingerprint density at radius 3 is 2.69 bits per heavy atom. The van der Waals surface area contributed by atoms with Crippen LogP contribution in [0.25, 0.3) is 0 Å². The van der Waals surface area contributed by atoms with E-state index >= 15 is 0 Å². The zero-order valence-electron chi connectivity index (χ0n) is 16.2. The van der Waals surface area contributed by atoms with Crippen molar-refractivity contribution in [3.63, 3.8) is 0 Å². The first-order valence-corrected chi connectivity index (χ1v) is 9.85. The molecule has 1 fully saturated rings. The van der Waals surface area contributed by atoms with E-state index in [-0.39, 0.29) is 30.4 Å². The average Bonchev–Trinajstić information content (AvgIpc) is 3.52. The highest BCUT2D eigenvalue weighted by molar-refractivity contribution is 6.31. The molecule has 1 aliphatic rings. The van der Waals surface area contributed by atoms with E-state index in [2.05, 4.69) is 15.6 Å². The number of amides is 2. The van der Waals surface area contributed by atoms with Crippen LogP contribution in [0.2, 0.25) is 5.02 Å². The first-order valence-electron chi connectivity index (χ1n) is 9.47. The number of carbonyl (C=O) groups excluding carboxylic acids is 2. The molecule has 29 heavy (non-hydrogen) atoms. The lowest BCUT2D eigenvalue weighted by Crippen LogP contribution is -2.27. The van der Waals surface area contributed by atoms with Crippen LogP contribution in [0, 0.1) is 5.92 Å². The zero-order valence-corrected chi connectivity index (χ0v) is 17.0. The molecule has 0 spiro atoms. The van der Waals surface area contributed by atoms with E-state index in [1.807, 2.05) is 0 Å².